The second-order valence-electron chi connectivity index (χ2n) is 2.93. The number of carbonyl (C=O) groups is 2. The first-order valence-electron chi connectivity index (χ1n) is 4.12. The fourth-order valence-electron chi connectivity index (χ4n) is 0.551. The van der Waals surface area contributed by atoms with E-state index < -0.39 is 42.2 Å². The summed E-state index contributed by atoms with van der Waals surface area (Å²) in [6.07, 6.45) is 0. The number of thiol groups is 1. The van der Waals surface area contributed by atoms with Crippen LogP contribution in [0.2, 0.25) is 0 Å². The lowest BCUT2D eigenvalue weighted by Crippen LogP contribution is -2.38. The van der Waals surface area contributed by atoms with Gasteiger partial charge in [0.15, 0.2) is 13.2 Å². The van der Waals surface area contributed by atoms with Crippen LogP contribution in [0.3, 0.4) is 0 Å². The van der Waals surface area contributed by atoms with Crippen LogP contribution in [0.5, 0.6) is 0 Å². The molecule has 104 valence electrons. The maximum Gasteiger partial charge on any atom is 0.381 e. The van der Waals surface area contributed by atoms with Crippen molar-refractivity contribution in [2.24, 2.45) is 0 Å². The quantitative estimate of drug-likeness (QED) is 0.351. The van der Waals surface area contributed by atoms with Crippen LogP contribution < -0.4 is 0 Å². The number of alkyl halides is 4. The normalized spacial score (nSPS) is 11.9. The average molecular weight is 294 g/mol. The molecular weight excluding hydrogens is 287 g/mol. The summed E-state index contributed by atoms with van der Waals surface area (Å²) in [7, 11) is 0. The summed E-state index contributed by atoms with van der Waals surface area (Å²) < 4.78 is 69.1. The number of ether oxygens (including phenoxy) is 2. The van der Waals surface area contributed by atoms with E-state index in [4.69, 9.17) is 0 Å². The summed E-state index contributed by atoms with van der Waals surface area (Å²) in [5.74, 6) is -10.2. The van der Waals surface area contributed by atoms with Gasteiger partial charge in [0, 0.05) is 0 Å². The lowest BCUT2D eigenvalue weighted by molar-refractivity contribution is -0.186. The van der Waals surface area contributed by atoms with Crippen LogP contribution in [0.15, 0.2) is 12.4 Å². The Bertz CT molecular complexity index is 352. The smallest absolute Gasteiger partial charge is 0.381 e. The van der Waals surface area contributed by atoms with Gasteiger partial charge in [-0.15, -0.1) is 12.6 Å². The summed E-state index contributed by atoms with van der Waals surface area (Å²) in [6, 6.07) is 0. The van der Waals surface area contributed by atoms with Crippen LogP contribution in [0, 0.1) is 0 Å². The molecule has 0 aliphatic rings. The summed E-state index contributed by atoms with van der Waals surface area (Å²) >= 11 is 2.63. The molecule has 0 aromatic carbocycles. The summed E-state index contributed by atoms with van der Waals surface area (Å²) in [5, 5.41) is -3.78. The predicted octanol–water partition coefficient (Wildman–Crippen LogP) is 1.71. The molecule has 0 fully saturated rings. The van der Waals surface area contributed by atoms with E-state index in [1.54, 1.807) is 0 Å². The molecule has 0 radical (unpaired) electrons. The summed E-state index contributed by atoms with van der Waals surface area (Å²) in [5.41, 5.74) is 0. The second-order valence-corrected chi connectivity index (χ2v) is 3.58. The highest BCUT2D eigenvalue weighted by Gasteiger charge is 2.44. The fourth-order valence-corrected chi connectivity index (χ4v) is 0.616. The van der Waals surface area contributed by atoms with Gasteiger partial charge >= 0.3 is 23.1 Å². The first kappa shape index (κ1) is 16.7. The SMILES string of the molecule is C=C(F)C(=O)OCC(F)(F)C(=O)OCC(F)(F)S. The molecule has 0 heterocycles. The van der Waals surface area contributed by atoms with E-state index in [1.807, 2.05) is 0 Å². The van der Waals surface area contributed by atoms with E-state index in [-0.39, 0.29) is 0 Å². The molecule has 0 unspecified atom stereocenters. The van der Waals surface area contributed by atoms with Crippen LogP contribution >= 0.6 is 12.6 Å². The van der Waals surface area contributed by atoms with Gasteiger partial charge in [0.1, 0.15) is 0 Å². The van der Waals surface area contributed by atoms with Crippen LogP contribution in [-0.2, 0) is 19.1 Å². The first-order chi connectivity index (χ1) is 7.96. The molecule has 0 aromatic heterocycles. The largest absolute Gasteiger partial charge is 0.454 e. The maximum atomic E-state index is 12.8. The highest BCUT2D eigenvalue weighted by molar-refractivity contribution is 7.81. The maximum absolute atomic E-state index is 12.8. The summed E-state index contributed by atoms with van der Waals surface area (Å²) in [6.45, 7) is -1.08. The van der Waals surface area contributed by atoms with Gasteiger partial charge in [-0.05, 0) is 0 Å². The molecule has 0 aromatic rings. The second kappa shape index (κ2) is 6.03. The minimum atomic E-state index is -4.38. The Morgan fingerprint density at radius 2 is 1.61 bits per heavy atom. The Morgan fingerprint density at radius 3 is 2.00 bits per heavy atom. The topological polar surface area (TPSA) is 52.6 Å². The van der Waals surface area contributed by atoms with Gasteiger partial charge in [-0.2, -0.15) is 22.0 Å². The van der Waals surface area contributed by atoms with Crippen molar-refractivity contribution in [1.82, 2.24) is 0 Å². The Morgan fingerprint density at radius 1 is 1.11 bits per heavy atom. The minimum Gasteiger partial charge on any atom is -0.454 e. The van der Waals surface area contributed by atoms with Gasteiger partial charge in [-0.1, -0.05) is 6.58 Å². The van der Waals surface area contributed by atoms with Gasteiger partial charge in [0.2, 0.25) is 5.83 Å². The first-order valence-corrected chi connectivity index (χ1v) is 4.57. The van der Waals surface area contributed by atoms with Crippen molar-refractivity contribution in [3.8, 4) is 0 Å². The molecule has 10 heteroatoms. The van der Waals surface area contributed by atoms with Gasteiger partial charge in [-0.25, -0.2) is 9.59 Å². The zero-order chi connectivity index (χ0) is 14.6. The van der Waals surface area contributed by atoms with Gasteiger partial charge < -0.3 is 9.47 Å². The van der Waals surface area contributed by atoms with Crippen molar-refractivity contribution in [3.63, 3.8) is 0 Å². The number of hydrogen-bond donors (Lipinski definition) is 1. The molecule has 18 heavy (non-hydrogen) atoms. The molecule has 0 saturated heterocycles. The lowest BCUT2D eigenvalue weighted by atomic mass is 10.3. The van der Waals surface area contributed by atoms with Crippen LogP contribution in [0.1, 0.15) is 0 Å². The molecular formula is C8H7F5O4S. The number of halogens is 5. The van der Waals surface area contributed by atoms with Crippen molar-refractivity contribution in [2.45, 2.75) is 11.2 Å². The lowest BCUT2D eigenvalue weighted by Gasteiger charge is -2.16. The number of hydrogen-bond acceptors (Lipinski definition) is 5. The number of rotatable bonds is 6. The van der Waals surface area contributed by atoms with Gasteiger partial charge in [-0.3, -0.25) is 0 Å². The third-order valence-corrected chi connectivity index (χ3v) is 1.41. The van der Waals surface area contributed by atoms with Gasteiger partial charge in [0.25, 0.3) is 0 Å². The fraction of sp³-hybridized carbons (Fsp3) is 0.500. The molecule has 0 aliphatic heterocycles. The van der Waals surface area contributed by atoms with Crippen LogP contribution in [0.25, 0.3) is 0 Å². The molecule has 0 spiro atoms. The Kier molecular flexibility index (Phi) is 5.58. The standard InChI is InChI=1S/C8H7F5O4S/c1-4(9)5(14)16-2-7(10,11)6(15)17-3-8(12,13)18/h18H,1-3H2. The van der Waals surface area contributed by atoms with Crippen molar-refractivity contribution in [3.05, 3.63) is 12.4 Å². The number of esters is 2. The average Bonchev–Trinajstić information content (AvgIpc) is 2.21. The number of carbonyl (C=O) groups excluding carboxylic acids is 2. The zero-order valence-electron chi connectivity index (χ0n) is 8.59. The molecule has 0 amide bonds. The van der Waals surface area contributed by atoms with E-state index in [0.717, 1.165) is 0 Å². The highest BCUT2D eigenvalue weighted by atomic mass is 32.1. The van der Waals surface area contributed by atoms with Crippen molar-refractivity contribution >= 4 is 24.6 Å². The van der Waals surface area contributed by atoms with Crippen molar-refractivity contribution in [2.75, 3.05) is 13.2 Å². The molecule has 0 atom stereocenters. The van der Waals surface area contributed by atoms with Crippen LogP contribution in [-0.4, -0.2) is 36.3 Å². The Balaban J connectivity index is 4.32. The predicted molar refractivity (Wildman–Crippen MR) is 51.0 cm³/mol. The van der Waals surface area contributed by atoms with Crippen molar-refractivity contribution < 1.29 is 41.0 Å². The van der Waals surface area contributed by atoms with E-state index in [1.165, 1.54) is 0 Å². The van der Waals surface area contributed by atoms with E-state index >= 15 is 0 Å². The minimum absolute atomic E-state index is 1.65. The third-order valence-electron chi connectivity index (χ3n) is 1.28. The monoisotopic (exact) mass is 294 g/mol. The van der Waals surface area contributed by atoms with E-state index in [2.05, 4.69) is 28.7 Å². The Labute approximate surface area is 103 Å². The van der Waals surface area contributed by atoms with E-state index in [9.17, 15) is 31.5 Å². The van der Waals surface area contributed by atoms with E-state index in [0.29, 0.717) is 0 Å². The van der Waals surface area contributed by atoms with Crippen LogP contribution in [0.4, 0.5) is 22.0 Å². The molecule has 0 bridgehead atoms. The van der Waals surface area contributed by atoms with Crippen molar-refractivity contribution in [1.29, 1.82) is 0 Å². The Hall–Kier alpha value is -1.32. The molecule has 0 aliphatic carbocycles. The zero-order valence-corrected chi connectivity index (χ0v) is 9.49. The molecule has 4 nitrogen and oxygen atoms in total. The molecule has 0 saturated carbocycles. The summed E-state index contributed by atoms with van der Waals surface area (Å²) in [4.78, 5) is 21.1. The third kappa shape index (κ3) is 6.42. The molecule has 0 N–H and O–H groups in total. The molecule has 0 rings (SSSR count). The highest BCUT2D eigenvalue weighted by Crippen LogP contribution is 2.22. The van der Waals surface area contributed by atoms with Gasteiger partial charge in [0.05, 0.1) is 0 Å².